The predicted octanol–water partition coefficient (Wildman–Crippen LogP) is 2.22. The Kier molecular flexibility index (Phi) is 4.67. The maximum atomic E-state index is 11.5. The van der Waals surface area contributed by atoms with Gasteiger partial charge in [0.1, 0.15) is 18.7 Å². The van der Waals surface area contributed by atoms with Gasteiger partial charge in [-0.25, -0.2) is 14.6 Å². The Hall–Kier alpha value is -3.82. The van der Waals surface area contributed by atoms with Gasteiger partial charge in [-0.3, -0.25) is 4.79 Å². The van der Waals surface area contributed by atoms with Gasteiger partial charge in [0.05, 0.1) is 24.7 Å². The molecule has 3 heterocycles. The molecule has 0 saturated carbocycles. The summed E-state index contributed by atoms with van der Waals surface area (Å²) < 4.78 is 11.5. The van der Waals surface area contributed by atoms with Gasteiger partial charge in [0, 0.05) is 5.56 Å². The Morgan fingerprint density at radius 1 is 1.29 bits per heavy atom. The first-order valence-corrected chi connectivity index (χ1v) is 8.54. The van der Waals surface area contributed by atoms with Crippen molar-refractivity contribution in [1.29, 1.82) is 0 Å². The second-order valence-electron chi connectivity index (χ2n) is 6.03. The highest BCUT2D eigenvalue weighted by molar-refractivity contribution is 5.87. The third-order valence-electron chi connectivity index (χ3n) is 4.14. The Morgan fingerprint density at radius 2 is 2.11 bits per heavy atom. The summed E-state index contributed by atoms with van der Waals surface area (Å²) in [6.45, 7) is 1.86. The fourth-order valence-electron chi connectivity index (χ4n) is 2.69. The highest BCUT2D eigenvalue weighted by Gasteiger charge is 2.18. The van der Waals surface area contributed by atoms with Gasteiger partial charge in [-0.05, 0) is 19.1 Å². The SMILES string of the molecule is COC(=O)Cn1ncc2c(NC(C)c3noc(-c4ccccc4)n3)ncnc21. The molecule has 4 rings (SSSR count). The van der Waals surface area contributed by atoms with Crippen LogP contribution in [0.3, 0.4) is 0 Å². The first kappa shape index (κ1) is 17.6. The van der Waals surface area contributed by atoms with Gasteiger partial charge in [0.2, 0.25) is 0 Å². The first-order chi connectivity index (χ1) is 13.7. The van der Waals surface area contributed by atoms with Crippen LogP contribution in [-0.4, -0.2) is 43.0 Å². The van der Waals surface area contributed by atoms with Crippen LogP contribution in [-0.2, 0) is 16.1 Å². The van der Waals surface area contributed by atoms with Crippen molar-refractivity contribution in [3.63, 3.8) is 0 Å². The monoisotopic (exact) mass is 379 g/mol. The molecule has 10 nitrogen and oxygen atoms in total. The summed E-state index contributed by atoms with van der Waals surface area (Å²) >= 11 is 0. The van der Waals surface area contributed by atoms with Crippen LogP contribution in [0.4, 0.5) is 5.82 Å². The number of benzene rings is 1. The van der Waals surface area contributed by atoms with Gasteiger partial charge in [-0.2, -0.15) is 10.1 Å². The number of nitrogens with zero attached hydrogens (tertiary/aromatic N) is 6. The number of nitrogens with one attached hydrogen (secondary N) is 1. The number of rotatable bonds is 6. The molecule has 0 aliphatic heterocycles. The van der Waals surface area contributed by atoms with Crippen molar-refractivity contribution in [2.75, 3.05) is 12.4 Å². The maximum Gasteiger partial charge on any atom is 0.327 e. The normalized spacial score (nSPS) is 12.1. The zero-order valence-electron chi connectivity index (χ0n) is 15.2. The molecule has 28 heavy (non-hydrogen) atoms. The van der Waals surface area contributed by atoms with Crippen molar-refractivity contribution < 1.29 is 14.1 Å². The van der Waals surface area contributed by atoms with Crippen LogP contribution in [0, 0.1) is 0 Å². The molecule has 142 valence electrons. The molecular formula is C18H17N7O3. The largest absolute Gasteiger partial charge is 0.468 e. The molecule has 1 atom stereocenters. The summed E-state index contributed by atoms with van der Waals surface area (Å²) in [5.41, 5.74) is 1.37. The molecule has 1 N–H and O–H groups in total. The molecule has 0 fully saturated rings. The van der Waals surface area contributed by atoms with Crippen LogP contribution in [0.5, 0.6) is 0 Å². The Labute approximate surface area is 159 Å². The minimum absolute atomic E-state index is 0.0305. The molecule has 10 heteroatoms. The lowest BCUT2D eigenvalue weighted by Crippen LogP contribution is -2.13. The average Bonchev–Trinajstić information content (AvgIpc) is 3.37. The highest BCUT2D eigenvalue weighted by atomic mass is 16.5. The van der Waals surface area contributed by atoms with Gasteiger partial charge in [0.15, 0.2) is 11.5 Å². The van der Waals surface area contributed by atoms with Crippen LogP contribution < -0.4 is 5.32 Å². The summed E-state index contributed by atoms with van der Waals surface area (Å²) in [6.07, 6.45) is 3.00. The molecule has 0 aliphatic rings. The number of hydrogen-bond donors (Lipinski definition) is 1. The molecule has 0 amide bonds. The minimum atomic E-state index is -0.410. The molecule has 0 spiro atoms. The maximum absolute atomic E-state index is 11.5. The van der Waals surface area contributed by atoms with E-state index in [1.54, 1.807) is 6.20 Å². The van der Waals surface area contributed by atoms with E-state index in [9.17, 15) is 4.79 Å². The van der Waals surface area contributed by atoms with Crippen molar-refractivity contribution >= 4 is 22.8 Å². The van der Waals surface area contributed by atoms with Crippen LogP contribution in [0.15, 0.2) is 47.4 Å². The number of ether oxygens (including phenoxy) is 1. The molecule has 0 radical (unpaired) electrons. The Balaban J connectivity index is 1.57. The Morgan fingerprint density at radius 3 is 2.89 bits per heavy atom. The second-order valence-corrected chi connectivity index (χ2v) is 6.03. The third kappa shape index (κ3) is 3.39. The number of carbonyl (C=O) groups is 1. The fraction of sp³-hybridized carbons (Fsp3) is 0.222. The average molecular weight is 379 g/mol. The van der Waals surface area contributed by atoms with E-state index in [2.05, 4.69) is 35.3 Å². The molecular weight excluding hydrogens is 362 g/mol. The number of fused-ring (bicyclic) bond motifs is 1. The quantitative estimate of drug-likeness (QED) is 0.503. The van der Waals surface area contributed by atoms with Crippen LogP contribution in [0.2, 0.25) is 0 Å². The number of anilines is 1. The van der Waals surface area contributed by atoms with E-state index in [4.69, 9.17) is 4.52 Å². The van der Waals surface area contributed by atoms with Crippen LogP contribution >= 0.6 is 0 Å². The second kappa shape index (κ2) is 7.43. The molecule has 1 aromatic carbocycles. The zero-order chi connectivity index (χ0) is 19.5. The van der Waals surface area contributed by atoms with E-state index >= 15 is 0 Å². The molecule has 0 aliphatic carbocycles. The standard InChI is InChI=1S/C18H17N7O3/c1-11(15-23-18(28-24-15)12-6-4-3-5-7-12)22-16-13-8-21-25(9-14(26)27-2)17(13)20-10-19-16/h3-8,10-11H,9H2,1-2H3,(H,19,20,22). The van der Waals surface area contributed by atoms with Crippen molar-refractivity contribution in [1.82, 2.24) is 29.9 Å². The summed E-state index contributed by atoms with van der Waals surface area (Å²) in [4.78, 5) is 24.4. The molecule has 4 aromatic rings. The van der Waals surface area contributed by atoms with E-state index in [0.29, 0.717) is 28.6 Å². The number of esters is 1. The summed E-state index contributed by atoms with van der Waals surface area (Å²) in [5, 5.41) is 12.2. The van der Waals surface area contributed by atoms with Crippen LogP contribution in [0.1, 0.15) is 18.8 Å². The number of carbonyl (C=O) groups excluding carboxylic acids is 1. The molecule has 1 unspecified atom stereocenters. The van der Waals surface area contributed by atoms with Crippen molar-refractivity contribution in [2.45, 2.75) is 19.5 Å². The molecule has 0 bridgehead atoms. The van der Waals surface area contributed by atoms with E-state index in [1.807, 2.05) is 37.3 Å². The smallest absolute Gasteiger partial charge is 0.327 e. The third-order valence-corrected chi connectivity index (χ3v) is 4.14. The van der Waals surface area contributed by atoms with Crippen molar-refractivity contribution in [3.8, 4) is 11.5 Å². The minimum Gasteiger partial charge on any atom is -0.468 e. The first-order valence-electron chi connectivity index (χ1n) is 8.54. The molecule has 3 aromatic heterocycles. The van der Waals surface area contributed by atoms with Gasteiger partial charge in [-0.1, -0.05) is 23.4 Å². The van der Waals surface area contributed by atoms with Gasteiger partial charge >= 0.3 is 5.97 Å². The van der Waals surface area contributed by atoms with E-state index in [-0.39, 0.29) is 12.6 Å². The number of methoxy groups -OCH3 is 1. The lowest BCUT2D eigenvalue weighted by Gasteiger charge is -2.11. The fourth-order valence-corrected chi connectivity index (χ4v) is 2.69. The van der Waals surface area contributed by atoms with E-state index in [1.165, 1.54) is 18.1 Å². The number of hydrogen-bond acceptors (Lipinski definition) is 9. The lowest BCUT2D eigenvalue weighted by atomic mass is 10.2. The Bertz CT molecular complexity index is 1110. The van der Waals surface area contributed by atoms with E-state index < -0.39 is 5.97 Å². The summed E-state index contributed by atoms with van der Waals surface area (Å²) in [6, 6.07) is 9.27. The lowest BCUT2D eigenvalue weighted by molar-refractivity contribution is -0.141. The van der Waals surface area contributed by atoms with Crippen molar-refractivity contribution in [3.05, 3.63) is 48.7 Å². The highest BCUT2D eigenvalue weighted by Crippen LogP contribution is 2.24. The van der Waals surface area contributed by atoms with Gasteiger partial charge < -0.3 is 14.6 Å². The van der Waals surface area contributed by atoms with Crippen LogP contribution in [0.25, 0.3) is 22.5 Å². The van der Waals surface area contributed by atoms with Crippen molar-refractivity contribution in [2.24, 2.45) is 0 Å². The van der Waals surface area contributed by atoms with Gasteiger partial charge in [0.25, 0.3) is 5.89 Å². The number of aromatic nitrogens is 6. The van der Waals surface area contributed by atoms with E-state index in [0.717, 1.165) is 5.56 Å². The topological polar surface area (TPSA) is 121 Å². The summed E-state index contributed by atoms with van der Waals surface area (Å²) in [5.74, 6) is 1.09. The molecule has 0 saturated heterocycles. The zero-order valence-corrected chi connectivity index (χ0v) is 15.2. The predicted molar refractivity (Wildman–Crippen MR) is 99.1 cm³/mol. The summed E-state index contributed by atoms with van der Waals surface area (Å²) in [7, 11) is 1.33. The van der Waals surface area contributed by atoms with Gasteiger partial charge in [-0.15, -0.1) is 0 Å².